The van der Waals surface area contributed by atoms with Gasteiger partial charge in [0.25, 0.3) is 5.56 Å². The first-order chi connectivity index (χ1) is 10.5. The fourth-order valence-electron chi connectivity index (χ4n) is 2.21. The van der Waals surface area contributed by atoms with Crippen LogP contribution in [0.3, 0.4) is 0 Å². The van der Waals surface area contributed by atoms with Crippen LogP contribution in [0.15, 0.2) is 40.8 Å². The van der Waals surface area contributed by atoms with Gasteiger partial charge in [0.1, 0.15) is 11.2 Å². The number of fused-ring (bicyclic) bond motifs is 1. The van der Waals surface area contributed by atoms with Crippen LogP contribution in [0.1, 0.15) is 11.1 Å². The molecule has 0 radical (unpaired) electrons. The second-order valence-corrected chi connectivity index (χ2v) is 6.10. The van der Waals surface area contributed by atoms with E-state index in [-0.39, 0.29) is 18.0 Å². The third-order valence-corrected chi connectivity index (χ3v) is 4.31. The van der Waals surface area contributed by atoms with Crippen molar-refractivity contribution in [2.75, 3.05) is 5.32 Å². The van der Waals surface area contributed by atoms with Crippen LogP contribution < -0.4 is 10.9 Å². The molecule has 3 rings (SSSR count). The molecule has 0 aliphatic carbocycles. The highest BCUT2D eigenvalue weighted by molar-refractivity contribution is 7.17. The predicted molar refractivity (Wildman–Crippen MR) is 88.4 cm³/mol. The lowest BCUT2D eigenvalue weighted by molar-refractivity contribution is -0.116. The second kappa shape index (κ2) is 5.73. The van der Waals surface area contributed by atoms with Crippen molar-refractivity contribution in [3.05, 3.63) is 57.5 Å². The number of nitrogens with zero attached hydrogens (tertiary/aromatic N) is 2. The monoisotopic (exact) mass is 313 g/mol. The summed E-state index contributed by atoms with van der Waals surface area (Å²) >= 11 is 1.34. The summed E-state index contributed by atoms with van der Waals surface area (Å²) < 4.78 is 1.90. The minimum absolute atomic E-state index is 0.0486. The Labute approximate surface area is 131 Å². The normalized spacial score (nSPS) is 10.8. The minimum Gasteiger partial charge on any atom is -0.324 e. The SMILES string of the molecule is Cc1ccc(C)c(NC(=O)Cn2cnc3ccsc3c2=O)c1. The maximum atomic E-state index is 12.3. The van der Waals surface area contributed by atoms with Crippen LogP contribution in [0.4, 0.5) is 5.69 Å². The highest BCUT2D eigenvalue weighted by Gasteiger charge is 2.10. The second-order valence-electron chi connectivity index (χ2n) is 5.18. The largest absolute Gasteiger partial charge is 0.324 e. The molecule has 0 spiro atoms. The molecule has 2 heterocycles. The molecule has 0 unspecified atom stereocenters. The molecule has 0 fully saturated rings. The van der Waals surface area contributed by atoms with Gasteiger partial charge in [-0.3, -0.25) is 14.2 Å². The minimum atomic E-state index is -0.242. The first-order valence-corrected chi connectivity index (χ1v) is 7.72. The van der Waals surface area contributed by atoms with Gasteiger partial charge in [0, 0.05) is 5.69 Å². The summed E-state index contributed by atoms with van der Waals surface area (Å²) in [5.74, 6) is -0.242. The summed E-state index contributed by atoms with van der Waals surface area (Å²) in [5.41, 5.74) is 3.30. The van der Waals surface area contributed by atoms with Gasteiger partial charge in [-0.2, -0.15) is 0 Å². The van der Waals surface area contributed by atoms with Crippen LogP contribution >= 0.6 is 11.3 Å². The van der Waals surface area contributed by atoms with Gasteiger partial charge in [-0.15, -0.1) is 11.3 Å². The molecule has 22 heavy (non-hydrogen) atoms. The molecule has 0 atom stereocenters. The lowest BCUT2D eigenvalue weighted by atomic mass is 10.1. The summed E-state index contributed by atoms with van der Waals surface area (Å²) in [6.07, 6.45) is 1.42. The van der Waals surface area contributed by atoms with Gasteiger partial charge in [-0.1, -0.05) is 12.1 Å². The first kappa shape index (κ1) is 14.5. The third kappa shape index (κ3) is 2.78. The number of benzene rings is 1. The number of carbonyl (C=O) groups is 1. The number of aryl methyl sites for hydroxylation is 2. The Hall–Kier alpha value is -2.47. The van der Waals surface area contributed by atoms with E-state index in [4.69, 9.17) is 0 Å². The van der Waals surface area contributed by atoms with E-state index in [1.165, 1.54) is 22.2 Å². The molecule has 2 aromatic heterocycles. The predicted octanol–water partition coefficient (Wildman–Crippen LogP) is 2.71. The average molecular weight is 313 g/mol. The molecule has 1 amide bonds. The van der Waals surface area contributed by atoms with Crippen LogP contribution in [-0.2, 0) is 11.3 Å². The Morgan fingerprint density at radius 3 is 2.95 bits per heavy atom. The van der Waals surface area contributed by atoms with Gasteiger partial charge >= 0.3 is 0 Å². The van der Waals surface area contributed by atoms with E-state index in [1.54, 1.807) is 6.07 Å². The first-order valence-electron chi connectivity index (χ1n) is 6.84. The number of aromatic nitrogens is 2. The fraction of sp³-hybridized carbons (Fsp3) is 0.188. The fourth-order valence-corrected chi connectivity index (χ4v) is 3.00. The molecule has 5 nitrogen and oxygen atoms in total. The third-order valence-electron chi connectivity index (χ3n) is 3.42. The van der Waals surface area contributed by atoms with E-state index in [0.717, 1.165) is 16.8 Å². The summed E-state index contributed by atoms with van der Waals surface area (Å²) in [6, 6.07) is 7.65. The molecule has 0 aliphatic rings. The smallest absolute Gasteiger partial charge is 0.271 e. The number of anilines is 1. The molecule has 0 aliphatic heterocycles. The van der Waals surface area contributed by atoms with Crippen LogP contribution in [0.5, 0.6) is 0 Å². The van der Waals surface area contributed by atoms with Gasteiger partial charge in [0.2, 0.25) is 5.91 Å². The quantitative estimate of drug-likeness (QED) is 0.808. The zero-order chi connectivity index (χ0) is 15.7. The molecule has 0 saturated carbocycles. The van der Waals surface area contributed by atoms with Gasteiger partial charge in [0.05, 0.1) is 11.8 Å². The van der Waals surface area contributed by atoms with Crippen molar-refractivity contribution < 1.29 is 4.79 Å². The van der Waals surface area contributed by atoms with E-state index in [2.05, 4.69) is 10.3 Å². The summed E-state index contributed by atoms with van der Waals surface area (Å²) in [4.78, 5) is 28.6. The van der Waals surface area contributed by atoms with Crippen LogP contribution in [0.25, 0.3) is 10.2 Å². The molecule has 0 bridgehead atoms. The lowest BCUT2D eigenvalue weighted by Gasteiger charge is -2.10. The van der Waals surface area contributed by atoms with Crippen molar-refractivity contribution in [2.45, 2.75) is 20.4 Å². The molecule has 0 saturated heterocycles. The Kier molecular flexibility index (Phi) is 3.77. The topological polar surface area (TPSA) is 64.0 Å². The number of amides is 1. The summed E-state index contributed by atoms with van der Waals surface area (Å²) in [6.45, 7) is 3.85. The number of nitrogens with one attached hydrogen (secondary N) is 1. The van der Waals surface area contributed by atoms with Crippen LogP contribution in [0.2, 0.25) is 0 Å². The molecule has 6 heteroatoms. The van der Waals surface area contributed by atoms with Crippen LogP contribution in [0, 0.1) is 13.8 Å². The maximum Gasteiger partial charge on any atom is 0.271 e. The Morgan fingerprint density at radius 2 is 2.14 bits per heavy atom. The van der Waals surface area contributed by atoms with E-state index in [0.29, 0.717) is 10.2 Å². The maximum absolute atomic E-state index is 12.3. The Balaban J connectivity index is 1.82. The standard InChI is InChI=1S/C16H15N3O2S/c1-10-3-4-11(2)13(7-10)18-14(20)8-19-9-17-12-5-6-22-15(12)16(19)21/h3-7,9H,8H2,1-2H3,(H,18,20). The lowest BCUT2D eigenvalue weighted by Crippen LogP contribution is -2.27. The zero-order valence-corrected chi connectivity index (χ0v) is 13.1. The van der Waals surface area contributed by atoms with Gasteiger partial charge < -0.3 is 5.32 Å². The molecule has 112 valence electrons. The molecular formula is C16H15N3O2S. The number of carbonyl (C=O) groups excluding carboxylic acids is 1. The number of hydrogen-bond acceptors (Lipinski definition) is 4. The average Bonchev–Trinajstić information content (AvgIpc) is 2.95. The van der Waals surface area contributed by atoms with E-state index in [9.17, 15) is 9.59 Å². The molecular weight excluding hydrogens is 298 g/mol. The van der Waals surface area contributed by atoms with Crippen molar-refractivity contribution in [2.24, 2.45) is 0 Å². The Morgan fingerprint density at radius 1 is 1.32 bits per heavy atom. The number of thiophene rings is 1. The summed E-state index contributed by atoms with van der Waals surface area (Å²) in [5, 5.41) is 4.66. The van der Waals surface area contributed by atoms with Gasteiger partial charge in [-0.05, 0) is 42.5 Å². The molecule has 1 N–H and O–H groups in total. The highest BCUT2D eigenvalue weighted by Crippen LogP contribution is 2.16. The summed E-state index contributed by atoms with van der Waals surface area (Å²) in [7, 11) is 0. The van der Waals surface area contributed by atoms with E-state index >= 15 is 0 Å². The van der Waals surface area contributed by atoms with Crippen molar-refractivity contribution >= 4 is 33.1 Å². The molecule has 1 aromatic carbocycles. The van der Waals surface area contributed by atoms with Crippen molar-refractivity contribution in [1.82, 2.24) is 9.55 Å². The van der Waals surface area contributed by atoms with E-state index in [1.807, 2.05) is 37.4 Å². The van der Waals surface area contributed by atoms with Crippen molar-refractivity contribution in [3.63, 3.8) is 0 Å². The number of hydrogen-bond donors (Lipinski definition) is 1. The Bertz CT molecular complexity index is 911. The number of rotatable bonds is 3. The molecule has 3 aromatic rings. The van der Waals surface area contributed by atoms with Crippen molar-refractivity contribution in [1.29, 1.82) is 0 Å². The van der Waals surface area contributed by atoms with E-state index < -0.39 is 0 Å². The van der Waals surface area contributed by atoms with Crippen LogP contribution in [-0.4, -0.2) is 15.5 Å². The zero-order valence-electron chi connectivity index (χ0n) is 12.3. The van der Waals surface area contributed by atoms with Crippen molar-refractivity contribution in [3.8, 4) is 0 Å². The van der Waals surface area contributed by atoms with Gasteiger partial charge in [0.15, 0.2) is 0 Å². The highest BCUT2D eigenvalue weighted by atomic mass is 32.1. The van der Waals surface area contributed by atoms with Gasteiger partial charge in [-0.25, -0.2) is 4.98 Å².